The van der Waals surface area contributed by atoms with Crippen molar-refractivity contribution in [3.63, 3.8) is 0 Å². The van der Waals surface area contributed by atoms with E-state index in [1.807, 2.05) is 44.2 Å². The molecule has 5 heteroatoms. The van der Waals surface area contributed by atoms with Crippen LogP contribution in [0.5, 0.6) is 0 Å². The summed E-state index contributed by atoms with van der Waals surface area (Å²) in [5.41, 5.74) is 1.03. The molecular weight excluding hydrogens is 276 g/mol. The van der Waals surface area contributed by atoms with Crippen LogP contribution in [0.3, 0.4) is 0 Å². The number of amides is 1. The second kappa shape index (κ2) is 6.44. The lowest BCUT2D eigenvalue weighted by Gasteiger charge is -2.26. The molecule has 114 valence electrons. The molecule has 1 heterocycles. The number of benzene rings is 1. The van der Waals surface area contributed by atoms with Crippen molar-refractivity contribution in [1.29, 1.82) is 0 Å². The zero-order valence-electron chi connectivity index (χ0n) is 13.1. The maximum atomic E-state index is 12.5. The van der Waals surface area contributed by atoms with Crippen LogP contribution in [0.25, 0.3) is 5.69 Å². The Morgan fingerprint density at radius 3 is 2.45 bits per heavy atom. The number of carbonyl (C=O) groups excluding carboxylic acids is 1. The second-order valence-electron chi connectivity index (χ2n) is 5.15. The fraction of sp³-hybridized carbons (Fsp3) is 0.353. The van der Waals surface area contributed by atoms with E-state index in [1.54, 1.807) is 6.92 Å². The molecule has 0 saturated heterocycles. The highest BCUT2D eigenvalue weighted by Crippen LogP contribution is 2.15. The van der Waals surface area contributed by atoms with Gasteiger partial charge in [-0.3, -0.25) is 4.79 Å². The summed E-state index contributed by atoms with van der Waals surface area (Å²) in [6.07, 6.45) is 6.91. The van der Waals surface area contributed by atoms with Crippen molar-refractivity contribution in [2.45, 2.75) is 39.2 Å². The molecule has 1 aromatic carbocycles. The summed E-state index contributed by atoms with van der Waals surface area (Å²) in [7, 11) is 0. The molecule has 0 atom stereocenters. The maximum absolute atomic E-state index is 12.5. The number of terminal acetylenes is 1. The topological polar surface area (TPSA) is 59.8 Å². The van der Waals surface area contributed by atoms with Gasteiger partial charge in [-0.15, -0.1) is 11.5 Å². The minimum absolute atomic E-state index is 0.290. The van der Waals surface area contributed by atoms with E-state index in [9.17, 15) is 4.79 Å². The van der Waals surface area contributed by atoms with Gasteiger partial charge >= 0.3 is 0 Å². The number of rotatable bonds is 5. The highest BCUT2D eigenvalue weighted by Gasteiger charge is 2.28. The molecule has 1 amide bonds. The van der Waals surface area contributed by atoms with Gasteiger partial charge < -0.3 is 5.32 Å². The van der Waals surface area contributed by atoms with Gasteiger partial charge in [0.1, 0.15) is 5.54 Å². The van der Waals surface area contributed by atoms with Gasteiger partial charge in [-0.25, -0.2) is 0 Å². The summed E-state index contributed by atoms with van der Waals surface area (Å²) in [5.74, 6) is 2.40. The van der Waals surface area contributed by atoms with Crippen molar-refractivity contribution in [1.82, 2.24) is 20.3 Å². The normalized spacial score (nSPS) is 11.0. The fourth-order valence-corrected chi connectivity index (χ4v) is 2.21. The summed E-state index contributed by atoms with van der Waals surface area (Å²) in [5, 5.41) is 11.5. The number of nitrogens with one attached hydrogen (secondary N) is 1. The molecule has 0 aliphatic heterocycles. The third-order valence-electron chi connectivity index (χ3n) is 3.82. The van der Waals surface area contributed by atoms with Gasteiger partial charge in [0.2, 0.25) is 0 Å². The van der Waals surface area contributed by atoms with E-state index in [4.69, 9.17) is 6.42 Å². The van der Waals surface area contributed by atoms with Crippen LogP contribution in [0.15, 0.2) is 30.3 Å². The SMILES string of the molecule is C#CC(CC)(CC)NC(=O)c1nn(-c2ccccc2)nc1C. The fourth-order valence-electron chi connectivity index (χ4n) is 2.21. The lowest BCUT2D eigenvalue weighted by Crippen LogP contribution is -2.46. The lowest BCUT2D eigenvalue weighted by molar-refractivity contribution is 0.0910. The maximum Gasteiger partial charge on any atom is 0.274 e. The molecule has 0 saturated carbocycles. The van der Waals surface area contributed by atoms with Gasteiger partial charge in [-0.1, -0.05) is 38.0 Å². The van der Waals surface area contributed by atoms with Crippen LogP contribution in [-0.2, 0) is 0 Å². The van der Waals surface area contributed by atoms with Gasteiger partial charge in [0, 0.05) is 0 Å². The number of aryl methyl sites for hydroxylation is 1. The molecule has 0 aliphatic rings. The quantitative estimate of drug-likeness (QED) is 0.862. The Morgan fingerprint density at radius 2 is 1.91 bits per heavy atom. The van der Waals surface area contributed by atoms with E-state index < -0.39 is 5.54 Å². The third kappa shape index (κ3) is 3.01. The van der Waals surface area contributed by atoms with Gasteiger partial charge in [0.25, 0.3) is 5.91 Å². The first-order valence-electron chi connectivity index (χ1n) is 7.35. The van der Waals surface area contributed by atoms with E-state index in [0.717, 1.165) is 5.69 Å². The Morgan fingerprint density at radius 1 is 1.27 bits per heavy atom. The minimum Gasteiger partial charge on any atom is -0.334 e. The monoisotopic (exact) mass is 296 g/mol. The second-order valence-corrected chi connectivity index (χ2v) is 5.15. The van der Waals surface area contributed by atoms with E-state index >= 15 is 0 Å². The molecule has 0 bridgehead atoms. The molecule has 0 radical (unpaired) electrons. The minimum atomic E-state index is -0.639. The van der Waals surface area contributed by atoms with E-state index in [1.165, 1.54) is 4.80 Å². The molecule has 0 aliphatic carbocycles. The van der Waals surface area contributed by atoms with Crippen molar-refractivity contribution in [3.8, 4) is 18.0 Å². The van der Waals surface area contributed by atoms with Crippen LogP contribution in [0.4, 0.5) is 0 Å². The van der Waals surface area contributed by atoms with Crippen LogP contribution < -0.4 is 5.32 Å². The lowest BCUT2D eigenvalue weighted by atomic mass is 9.93. The van der Waals surface area contributed by atoms with Crippen molar-refractivity contribution in [2.75, 3.05) is 0 Å². The number of carbonyl (C=O) groups is 1. The zero-order chi connectivity index (χ0) is 16.2. The number of aromatic nitrogens is 3. The van der Waals surface area contributed by atoms with Crippen LogP contribution >= 0.6 is 0 Å². The number of nitrogens with zero attached hydrogens (tertiary/aromatic N) is 3. The van der Waals surface area contributed by atoms with Gasteiger partial charge in [-0.05, 0) is 31.9 Å². The van der Waals surface area contributed by atoms with Crippen LogP contribution in [0.2, 0.25) is 0 Å². The molecule has 0 unspecified atom stereocenters. The standard InChI is InChI=1S/C17H20N4O/c1-5-17(6-2,7-3)18-16(22)15-13(4)19-21(20-15)14-11-9-8-10-12-14/h1,8-12H,6-7H2,2-4H3,(H,18,22). The molecular formula is C17H20N4O. The Labute approximate surface area is 130 Å². The highest BCUT2D eigenvalue weighted by atomic mass is 16.2. The smallest absolute Gasteiger partial charge is 0.274 e. The largest absolute Gasteiger partial charge is 0.334 e. The first-order valence-corrected chi connectivity index (χ1v) is 7.35. The Kier molecular flexibility index (Phi) is 4.62. The summed E-state index contributed by atoms with van der Waals surface area (Å²) < 4.78 is 0. The van der Waals surface area contributed by atoms with Crippen LogP contribution in [0.1, 0.15) is 42.9 Å². The Balaban J connectivity index is 2.29. The first-order chi connectivity index (χ1) is 10.5. The molecule has 5 nitrogen and oxygen atoms in total. The molecule has 0 fully saturated rings. The summed E-state index contributed by atoms with van der Waals surface area (Å²) in [6.45, 7) is 5.67. The average Bonchev–Trinajstić information content (AvgIpc) is 2.95. The van der Waals surface area contributed by atoms with E-state index in [-0.39, 0.29) is 5.91 Å². The van der Waals surface area contributed by atoms with Crippen LogP contribution in [0, 0.1) is 19.3 Å². The molecule has 2 rings (SSSR count). The zero-order valence-corrected chi connectivity index (χ0v) is 13.1. The van der Waals surface area contributed by atoms with Crippen molar-refractivity contribution in [3.05, 3.63) is 41.7 Å². The molecule has 2 aromatic rings. The van der Waals surface area contributed by atoms with Gasteiger partial charge in [0.05, 0.1) is 11.4 Å². The predicted octanol–water partition coefficient (Wildman–Crippen LogP) is 2.50. The number of para-hydroxylation sites is 1. The van der Waals surface area contributed by atoms with Gasteiger partial charge in [0.15, 0.2) is 5.69 Å². The summed E-state index contributed by atoms with van der Waals surface area (Å²) in [4.78, 5) is 13.9. The number of hydrogen-bond acceptors (Lipinski definition) is 3. The molecule has 22 heavy (non-hydrogen) atoms. The third-order valence-corrected chi connectivity index (χ3v) is 3.82. The Hall–Kier alpha value is -2.61. The summed E-state index contributed by atoms with van der Waals surface area (Å²) >= 11 is 0. The summed E-state index contributed by atoms with van der Waals surface area (Å²) in [6, 6.07) is 9.46. The van der Waals surface area contributed by atoms with Crippen LogP contribution in [-0.4, -0.2) is 26.4 Å². The highest BCUT2D eigenvalue weighted by molar-refractivity contribution is 5.94. The first kappa shape index (κ1) is 15.8. The van der Waals surface area contributed by atoms with Crippen molar-refractivity contribution >= 4 is 5.91 Å². The van der Waals surface area contributed by atoms with Crippen molar-refractivity contribution in [2.24, 2.45) is 0 Å². The van der Waals surface area contributed by atoms with Gasteiger partial charge in [-0.2, -0.15) is 9.90 Å². The van der Waals surface area contributed by atoms with Crippen molar-refractivity contribution < 1.29 is 4.79 Å². The average molecular weight is 296 g/mol. The Bertz CT molecular complexity index is 693. The molecule has 0 spiro atoms. The van der Waals surface area contributed by atoms with E-state index in [0.29, 0.717) is 24.2 Å². The molecule has 1 N–H and O–H groups in total. The van der Waals surface area contributed by atoms with E-state index in [2.05, 4.69) is 21.4 Å². The predicted molar refractivity (Wildman–Crippen MR) is 85.7 cm³/mol. The molecule has 1 aromatic heterocycles. The number of hydrogen-bond donors (Lipinski definition) is 1.